The van der Waals surface area contributed by atoms with Gasteiger partial charge in [-0.15, -0.1) is 0 Å². The number of nitrogens with zero attached hydrogens (tertiary/aromatic N) is 2. The summed E-state index contributed by atoms with van der Waals surface area (Å²) in [5.74, 6) is 1.38. The first kappa shape index (κ1) is 19.5. The van der Waals surface area contributed by atoms with Crippen LogP contribution in [-0.2, 0) is 11.3 Å². The first-order valence-electron chi connectivity index (χ1n) is 8.93. The van der Waals surface area contributed by atoms with Crippen LogP contribution in [0.3, 0.4) is 0 Å². The van der Waals surface area contributed by atoms with Gasteiger partial charge in [-0.05, 0) is 25.3 Å². The first-order valence-corrected chi connectivity index (χ1v) is 8.93. The maximum atomic E-state index is 9.32. The number of aliphatic imine (C=N–C) groups is 1. The Balaban J connectivity index is 1.88. The summed E-state index contributed by atoms with van der Waals surface area (Å²) in [4.78, 5) is 8.57. The lowest BCUT2D eigenvalue weighted by atomic mass is 9.84. The molecule has 7 heteroatoms. The van der Waals surface area contributed by atoms with E-state index in [2.05, 4.69) is 27.5 Å². The Morgan fingerprint density at radius 1 is 1.48 bits per heavy atom. The van der Waals surface area contributed by atoms with E-state index in [0.29, 0.717) is 25.6 Å². The van der Waals surface area contributed by atoms with E-state index >= 15 is 0 Å². The minimum absolute atomic E-state index is 0.0178. The molecule has 2 rings (SSSR count). The Morgan fingerprint density at radius 2 is 2.36 bits per heavy atom. The van der Waals surface area contributed by atoms with E-state index in [1.54, 1.807) is 13.2 Å². The predicted molar refractivity (Wildman–Crippen MR) is 97.8 cm³/mol. The van der Waals surface area contributed by atoms with Crippen LogP contribution in [0.25, 0.3) is 0 Å². The van der Waals surface area contributed by atoms with E-state index in [1.807, 2.05) is 12.1 Å². The number of aromatic nitrogens is 1. The summed E-state index contributed by atoms with van der Waals surface area (Å²) in [5.41, 5.74) is 0.976. The predicted octanol–water partition coefficient (Wildman–Crippen LogP) is 1.32. The number of aliphatic hydroxyl groups excluding tert-OH is 1. The number of ether oxygens (including phenoxy) is 2. The fourth-order valence-electron chi connectivity index (χ4n) is 2.87. The molecule has 1 aromatic rings. The molecule has 2 heterocycles. The Bertz CT molecular complexity index is 545. The number of hydrogen-bond donors (Lipinski definition) is 3. The number of nitrogens with one attached hydrogen (secondary N) is 2. The standard InChI is InChI=1S/C18H30N4O3/c1-3-10-25-16-15(5-4-8-20-16)12-21-17(19-2)22-13-18(6-9-23)7-11-24-14-18/h4-5,8,23H,3,6-7,9-14H2,1-2H3,(H2,19,21,22). The van der Waals surface area contributed by atoms with E-state index < -0.39 is 0 Å². The molecular weight excluding hydrogens is 320 g/mol. The van der Waals surface area contributed by atoms with Gasteiger partial charge >= 0.3 is 0 Å². The molecular formula is C18H30N4O3. The fraction of sp³-hybridized carbons (Fsp3) is 0.667. The second-order valence-electron chi connectivity index (χ2n) is 6.37. The molecule has 1 unspecified atom stereocenters. The fourth-order valence-corrected chi connectivity index (χ4v) is 2.87. The van der Waals surface area contributed by atoms with E-state index in [1.165, 1.54) is 0 Å². The normalized spacial score (nSPS) is 20.5. The van der Waals surface area contributed by atoms with Crippen molar-refractivity contribution in [2.24, 2.45) is 10.4 Å². The lowest BCUT2D eigenvalue weighted by molar-refractivity contribution is 0.127. The molecule has 0 saturated carbocycles. The zero-order valence-electron chi connectivity index (χ0n) is 15.3. The average molecular weight is 350 g/mol. The Hall–Kier alpha value is -1.86. The molecule has 1 aliphatic rings. The van der Waals surface area contributed by atoms with Gasteiger partial charge in [0, 0.05) is 50.5 Å². The zero-order chi connectivity index (χ0) is 18.0. The highest BCUT2D eigenvalue weighted by Gasteiger charge is 2.34. The van der Waals surface area contributed by atoms with E-state index in [-0.39, 0.29) is 12.0 Å². The molecule has 1 fully saturated rings. The second-order valence-corrected chi connectivity index (χ2v) is 6.37. The Morgan fingerprint density at radius 3 is 3.04 bits per heavy atom. The van der Waals surface area contributed by atoms with Gasteiger partial charge in [0.25, 0.3) is 0 Å². The van der Waals surface area contributed by atoms with Gasteiger partial charge in [-0.25, -0.2) is 4.98 Å². The lowest BCUT2D eigenvalue weighted by Crippen LogP contribution is -2.44. The highest BCUT2D eigenvalue weighted by atomic mass is 16.5. The molecule has 140 valence electrons. The molecule has 0 aromatic carbocycles. The quantitative estimate of drug-likeness (QED) is 0.460. The average Bonchev–Trinajstić information content (AvgIpc) is 3.10. The van der Waals surface area contributed by atoms with Gasteiger partial charge in [-0.3, -0.25) is 4.99 Å². The van der Waals surface area contributed by atoms with Crippen molar-refractivity contribution in [3.05, 3.63) is 23.9 Å². The van der Waals surface area contributed by atoms with E-state index in [4.69, 9.17) is 9.47 Å². The van der Waals surface area contributed by atoms with Crippen LogP contribution >= 0.6 is 0 Å². The highest BCUT2D eigenvalue weighted by Crippen LogP contribution is 2.31. The van der Waals surface area contributed by atoms with Crippen LogP contribution in [-0.4, -0.2) is 56.1 Å². The Kier molecular flexibility index (Phi) is 7.94. The molecule has 3 N–H and O–H groups in total. The van der Waals surface area contributed by atoms with Crippen LogP contribution in [0.2, 0.25) is 0 Å². The molecule has 1 atom stereocenters. The monoisotopic (exact) mass is 350 g/mol. The van der Waals surface area contributed by atoms with Gasteiger partial charge < -0.3 is 25.2 Å². The van der Waals surface area contributed by atoms with Gasteiger partial charge in [-0.1, -0.05) is 13.0 Å². The summed E-state index contributed by atoms with van der Waals surface area (Å²) in [6, 6.07) is 3.90. The van der Waals surface area contributed by atoms with Gasteiger partial charge in [0.15, 0.2) is 5.96 Å². The molecule has 0 spiro atoms. The van der Waals surface area contributed by atoms with Crippen molar-refractivity contribution in [1.82, 2.24) is 15.6 Å². The first-order chi connectivity index (χ1) is 12.2. The van der Waals surface area contributed by atoms with Crippen LogP contribution in [0.15, 0.2) is 23.3 Å². The van der Waals surface area contributed by atoms with Crippen molar-refractivity contribution < 1.29 is 14.6 Å². The topological polar surface area (TPSA) is 88.0 Å². The third-order valence-electron chi connectivity index (χ3n) is 4.42. The number of aliphatic hydroxyl groups is 1. The number of rotatable bonds is 9. The molecule has 7 nitrogen and oxygen atoms in total. The van der Waals surface area contributed by atoms with Crippen LogP contribution in [0, 0.1) is 5.41 Å². The number of hydrogen-bond acceptors (Lipinski definition) is 5. The summed E-state index contributed by atoms with van der Waals surface area (Å²) < 4.78 is 11.2. The van der Waals surface area contributed by atoms with Crippen molar-refractivity contribution in [3.8, 4) is 5.88 Å². The second kappa shape index (κ2) is 10.2. The van der Waals surface area contributed by atoms with Crippen molar-refractivity contribution in [3.63, 3.8) is 0 Å². The molecule has 0 amide bonds. The summed E-state index contributed by atoms with van der Waals surface area (Å²) in [6.45, 7) is 5.62. The minimum atomic E-state index is -0.0178. The van der Waals surface area contributed by atoms with Gasteiger partial charge in [0.2, 0.25) is 5.88 Å². The molecule has 1 saturated heterocycles. The van der Waals surface area contributed by atoms with Crippen LogP contribution < -0.4 is 15.4 Å². The number of pyridine rings is 1. The lowest BCUT2D eigenvalue weighted by Gasteiger charge is -2.27. The molecule has 0 radical (unpaired) electrons. The maximum Gasteiger partial charge on any atom is 0.218 e. The SMILES string of the molecule is CCCOc1ncccc1CNC(=NC)NCC1(CCO)CCOC1. The third kappa shape index (κ3) is 5.86. The molecule has 0 bridgehead atoms. The largest absolute Gasteiger partial charge is 0.477 e. The Labute approximate surface area is 149 Å². The molecule has 25 heavy (non-hydrogen) atoms. The van der Waals surface area contributed by atoms with Gasteiger partial charge in [0.1, 0.15) is 0 Å². The van der Waals surface area contributed by atoms with Crippen LogP contribution in [0.4, 0.5) is 0 Å². The molecule has 1 aromatic heterocycles. The van der Waals surface area contributed by atoms with E-state index in [0.717, 1.165) is 43.9 Å². The van der Waals surface area contributed by atoms with Crippen LogP contribution in [0.1, 0.15) is 31.7 Å². The van der Waals surface area contributed by atoms with Crippen molar-refractivity contribution in [2.75, 3.05) is 40.0 Å². The van der Waals surface area contributed by atoms with Gasteiger partial charge in [0.05, 0.1) is 13.2 Å². The van der Waals surface area contributed by atoms with Crippen molar-refractivity contribution >= 4 is 5.96 Å². The highest BCUT2D eigenvalue weighted by molar-refractivity contribution is 5.79. The smallest absolute Gasteiger partial charge is 0.218 e. The summed E-state index contributed by atoms with van der Waals surface area (Å²) in [5, 5.41) is 16.0. The van der Waals surface area contributed by atoms with Gasteiger partial charge in [-0.2, -0.15) is 0 Å². The molecule has 1 aliphatic heterocycles. The molecule has 0 aliphatic carbocycles. The third-order valence-corrected chi connectivity index (χ3v) is 4.42. The summed E-state index contributed by atoms with van der Waals surface area (Å²) in [7, 11) is 1.75. The number of guanidine groups is 1. The van der Waals surface area contributed by atoms with Crippen LogP contribution in [0.5, 0.6) is 5.88 Å². The van der Waals surface area contributed by atoms with E-state index in [9.17, 15) is 5.11 Å². The maximum absolute atomic E-state index is 9.32. The van der Waals surface area contributed by atoms with Crippen molar-refractivity contribution in [2.45, 2.75) is 32.7 Å². The van der Waals surface area contributed by atoms with Crippen molar-refractivity contribution in [1.29, 1.82) is 0 Å². The minimum Gasteiger partial charge on any atom is -0.477 e. The zero-order valence-corrected chi connectivity index (χ0v) is 15.3. The summed E-state index contributed by atoms with van der Waals surface area (Å²) >= 11 is 0. The summed E-state index contributed by atoms with van der Waals surface area (Å²) in [6.07, 6.45) is 4.37.